The highest BCUT2D eigenvalue weighted by molar-refractivity contribution is 8.03. The molecule has 150 valence electrons. The summed E-state index contributed by atoms with van der Waals surface area (Å²) < 4.78 is 27.8. The van der Waals surface area contributed by atoms with Crippen LogP contribution in [0.3, 0.4) is 0 Å². The predicted molar refractivity (Wildman–Crippen MR) is 119 cm³/mol. The average Bonchev–Trinajstić information content (AvgIpc) is 2.75. The molecular formula is C26H21F2NS. The second kappa shape index (κ2) is 10.1. The number of halogens is 2. The molecular weight excluding hydrogens is 396 g/mol. The van der Waals surface area contributed by atoms with E-state index in [0.29, 0.717) is 17.7 Å². The molecule has 0 N–H and O–H groups in total. The summed E-state index contributed by atoms with van der Waals surface area (Å²) in [5, 5.41) is 10.3. The normalized spacial score (nSPS) is 11.3. The van der Waals surface area contributed by atoms with Crippen molar-refractivity contribution in [3.8, 4) is 28.4 Å². The molecule has 0 saturated carbocycles. The van der Waals surface area contributed by atoms with Gasteiger partial charge in [0.15, 0.2) is 0 Å². The molecule has 30 heavy (non-hydrogen) atoms. The zero-order valence-electron chi connectivity index (χ0n) is 16.9. The third kappa shape index (κ3) is 5.50. The maximum atomic E-state index is 13.9. The maximum absolute atomic E-state index is 13.9. The van der Waals surface area contributed by atoms with E-state index in [1.54, 1.807) is 5.40 Å². The summed E-state index contributed by atoms with van der Waals surface area (Å²) in [6.45, 7) is 4.47. The van der Waals surface area contributed by atoms with Crippen molar-refractivity contribution in [3.63, 3.8) is 0 Å². The number of nitrogens with zero attached hydrogens (tertiary/aromatic N) is 1. The van der Waals surface area contributed by atoms with Crippen LogP contribution in [0.15, 0.2) is 65.6 Å². The second-order valence-electron chi connectivity index (χ2n) is 7.20. The van der Waals surface area contributed by atoms with Gasteiger partial charge in [-0.2, -0.15) is 5.26 Å². The molecule has 3 rings (SSSR count). The lowest BCUT2D eigenvalue weighted by atomic mass is 9.96. The van der Waals surface area contributed by atoms with Crippen molar-refractivity contribution in [1.82, 2.24) is 0 Å². The van der Waals surface area contributed by atoms with E-state index in [9.17, 15) is 8.78 Å². The Labute approximate surface area is 180 Å². The van der Waals surface area contributed by atoms with Crippen LogP contribution in [0.5, 0.6) is 0 Å². The molecule has 0 fully saturated rings. The highest BCUT2D eigenvalue weighted by Crippen LogP contribution is 2.25. The Morgan fingerprint density at radius 1 is 0.867 bits per heavy atom. The summed E-state index contributed by atoms with van der Waals surface area (Å²) in [5.74, 6) is 4.83. The minimum atomic E-state index is -0.780. The molecule has 0 amide bonds. The first-order chi connectivity index (χ1) is 14.5. The largest absolute Gasteiger partial charge is 0.206 e. The van der Waals surface area contributed by atoms with E-state index in [4.69, 9.17) is 5.26 Å². The average molecular weight is 418 g/mol. The van der Waals surface area contributed by atoms with Crippen LogP contribution >= 0.6 is 11.8 Å². The van der Waals surface area contributed by atoms with E-state index < -0.39 is 11.6 Å². The molecule has 0 aromatic heterocycles. The van der Waals surface area contributed by atoms with Crippen LogP contribution in [0, 0.1) is 40.1 Å². The number of hydrogen-bond donors (Lipinski definition) is 0. The highest BCUT2D eigenvalue weighted by atomic mass is 32.2. The summed E-state index contributed by atoms with van der Waals surface area (Å²) in [6.07, 6.45) is 2.26. The Balaban J connectivity index is 1.74. The molecule has 1 nitrogen and oxygen atoms in total. The zero-order chi connectivity index (χ0) is 21.5. The van der Waals surface area contributed by atoms with Gasteiger partial charge < -0.3 is 0 Å². The van der Waals surface area contributed by atoms with E-state index in [0.717, 1.165) is 35.2 Å². The summed E-state index contributed by atoms with van der Waals surface area (Å²) >= 11 is 0.463. The Morgan fingerprint density at radius 3 is 1.93 bits per heavy atom. The lowest BCUT2D eigenvalue weighted by Crippen LogP contribution is -1.97. The summed E-state index contributed by atoms with van der Waals surface area (Å²) in [4.78, 5) is -0.303. The fraction of sp³-hybridized carbons (Fsp3) is 0.192. The molecule has 0 heterocycles. The summed E-state index contributed by atoms with van der Waals surface area (Å²) in [7, 11) is 0. The minimum Gasteiger partial charge on any atom is -0.206 e. The maximum Gasteiger partial charge on any atom is 0.142 e. The first kappa shape index (κ1) is 21.6. The minimum absolute atomic E-state index is 0.230. The van der Waals surface area contributed by atoms with Gasteiger partial charge in [0.25, 0.3) is 0 Å². The van der Waals surface area contributed by atoms with Crippen LogP contribution in [-0.2, 0) is 6.42 Å². The lowest BCUT2D eigenvalue weighted by Gasteiger charge is -2.09. The van der Waals surface area contributed by atoms with E-state index in [-0.39, 0.29) is 10.5 Å². The fourth-order valence-corrected chi connectivity index (χ4v) is 3.45. The highest BCUT2D eigenvalue weighted by Gasteiger charge is 2.11. The van der Waals surface area contributed by atoms with E-state index >= 15 is 0 Å². The van der Waals surface area contributed by atoms with Gasteiger partial charge >= 0.3 is 0 Å². The molecule has 0 aliphatic rings. The standard InChI is InChI=1S/C26H21F2NS/c1-3-18(2)14-20-8-12-23(13-9-20)22-10-6-19(7-11-22)4-5-21-15-24(27)26(30-17-29)25(28)16-21/h6-13,15-16,18H,3,14H2,1-2H3. The molecule has 4 heteroatoms. The van der Waals surface area contributed by atoms with Crippen molar-refractivity contribution < 1.29 is 8.78 Å². The number of hydrogen-bond acceptors (Lipinski definition) is 2. The van der Waals surface area contributed by atoms with Crippen molar-refractivity contribution in [2.24, 2.45) is 5.92 Å². The third-order valence-electron chi connectivity index (χ3n) is 4.95. The van der Waals surface area contributed by atoms with Gasteiger partial charge in [-0.05, 0) is 65.1 Å². The van der Waals surface area contributed by atoms with E-state index in [1.165, 1.54) is 12.0 Å². The van der Waals surface area contributed by atoms with E-state index in [2.05, 4.69) is 50.0 Å². The van der Waals surface area contributed by atoms with Gasteiger partial charge in [-0.15, -0.1) is 0 Å². The molecule has 0 aliphatic carbocycles. The van der Waals surface area contributed by atoms with Crippen LogP contribution in [-0.4, -0.2) is 0 Å². The van der Waals surface area contributed by atoms with Gasteiger partial charge in [0.05, 0.1) is 4.90 Å². The van der Waals surface area contributed by atoms with Crippen LogP contribution in [0.25, 0.3) is 11.1 Å². The summed E-state index contributed by atoms with van der Waals surface area (Å²) in [5.41, 5.74) is 4.55. The Hall–Kier alpha value is -3.08. The Morgan fingerprint density at radius 2 is 1.40 bits per heavy atom. The molecule has 0 radical (unpaired) electrons. The van der Waals surface area contributed by atoms with Crippen LogP contribution in [0.4, 0.5) is 8.78 Å². The quantitative estimate of drug-likeness (QED) is 0.249. The van der Waals surface area contributed by atoms with Crippen molar-refractivity contribution in [2.75, 3.05) is 0 Å². The number of nitriles is 1. The van der Waals surface area contributed by atoms with Crippen molar-refractivity contribution in [3.05, 3.63) is 89.0 Å². The van der Waals surface area contributed by atoms with Gasteiger partial charge in [0, 0.05) is 11.1 Å². The van der Waals surface area contributed by atoms with Gasteiger partial charge in [0.2, 0.25) is 0 Å². The van der Waals surface area contributed by atoms with Crippen LogP contribution in [0.1, 0.15) is 37.0 Å². The first-order valence-corrected chi connectivity index (χ1v) is 10.6. The van der Waals surface area contributed by atoms with Gasteiger partial charge in [-0.25, -0.2) is 8.78 Å². The molecule has 1 atom stereocenters. The third-order valence-corrected chi connectivity index (χ3v) is 5.64. The molecule has 0 aliphatic heterocycles. The van der Waals surface area contributed by atoms with Crippen molar-refractivity contribution in [1.29, 1.82) is 5.26 Å². The van der Waals surface area contributed by atoms with Gasteiger partial charge in [-0.3, -0.25) is 0 Å². The number of thiocyanates is 1. The van der Waals surface area contributed by atoms with Gasteiger partial charge in [0.1, 0.15) is 17.0 Å². The fourth-order valence-electron chi connectivity index (χ4n) is 3.05. The Kier molecular flexibility index (Phi) is 7.28. The Bertz CT molecular complexity index is 1090. The number of thioether (sulfide) groups is 1. The summed E-state index contributed by atoms with van der Waals surface area (Å²) in [6, 6.07) is 18.7. The van der Waals surface area contributed by atoms with Gasteiger partial charge in [-0.1, -0.05) is 68.5 Å². The predicted octanol–water partition coefficient (Wildman–Crippen LogP) is 7.19. The topological polar surface area (TPSA) is 23.8 Å². The molecule has 3 aromatic carbocycles. The molecule has 3 aromatic rings. The molecule has 0 saturated heterocycles. The van der Waals surface area contributed by atoms with Crippen LogP contribution in [0.2, 0.25) is 0 Å². The number of rotatable bonds is 5. The molecule has 1 unspecified atom stereocenters. The zero-order valence-corrected chi connectivity index (χ0v) is 17.7. The molecule has 0 bridgehead atoms. The molecule has 0 spiro atoms. The monoisotopic (exact) mass is 417 g/mol. The lowest BCUT2D eigenvalue weighted by molar-refractivity contribution is 0.540. The van der Waals surface area contributed by atoms with Crippen molar-refractivity contribution >= 4 is 11.8 Å². The van der Waals surface area contributed by atoms with E-state index in [1.807, 2.05) is 24.3 Å². The second-order valence-corrected chi connectivity index (χ2v) is 8.00. The SMILES string of the molecule is CCC(C)Cc1ccc(-c2ccc(C#Cc3cc(F)c(SC#N)c(F)c3)cc2)cc1. The smallest absolute Gasteiger partial charge is 0.142 e. The van der Waals surface area contributed by atoms with Crippen molar-refractivity contribution in [2.45, 2.75) is 31.6 Å². The number of benzene rings is 3. The first-order valence-electron chi connectivity index (χ1n) is 9.76. The van der Waals surface area contributed by atoms with Crippen LogP contribution < -0.4 is 0 Å².